The van der Waals surface area contributed by atoms with Gasteiger partial charge in [-0.15, -0.1) is 0 Å². The molecule has 0 atom stereocenters. The second-order valence-corrected chi connectivity index (χ2v) is 5.01. The van der Waals surface area contributed by atoms with E-state index >= 15 is 0 Å². The summed E-state index contributed by atoms with van der Waals surface area (Å²) in [5.74, 6) is 2.82. The Morgan fingerprint density at radius 1 is 1.19 bits per heavy atom. The molecule has 0 fully saturated rings. The van der Waals surface area contributed by atoms with Gasteiger partial charge in [-0.2, -0.15) is 11.8 Å². The zero-order chi connectivity index (χ0) is 11.8. The lowest BCUT2D eigenvalue weighted by Crippen LogP contribution is -2.00. The van der Waals surface area contributed by atoms with Crippen LogP contribution in [-0.4, -0.2) is 29.8 Å². The fraction of sp³-hybridized carbons (Fsp3) is 0.538. The summed E-state index contributed by atoms with van der Waals surface area (Å²) in [4.78, 5) is 0. The van der Waals surface area contributed by atoms with Crippen molar-refractivity contribution in [2.75, 3.05) is 24.7 Å². The third kappa shape index (κ3) is 4.90. The molecule has 0 aromatic heterocycles. The van der Waals surface area contributed by atoms with E-state index in [0.29, 0.717) is 0 Å². The Morgan fingerprint density at radius 3 is 2.69 bits per heavy atom. The van der Waals surface area contributed by atoms with Crippen LogP contribution in [0.25, 0.3) is 0 Å². The zero-order valence-corrected chi connectivity index (χ0v) is 10.8. The van der Waals surface area contributed by atoms with Crippen LogP contribution in [0, 0.1) is 13.8 Å². The van der Waals surface area contributed by atoms with Gasteiger partial charge in [0.05, 0.1) is 13.2 Å². The third-order valence-corrected chi connectivity index (χ3v) is 3.46. The molecule has 0 heterocycles. The lowest BCUT2D eigenvalue weighted by Gasteiger charge is -2.08. The summed E-state index contributed by atoms with van der Waals surface area (Å²) in [7, 11) is 0. The average Bonchev–Trinajstić information content (AvgIpc) is 2.28. The van der Waals surface area contributed by atoms with Crippen molar-refractivity contribution in [2.24, 2.45) is 0 Å². The molecule has 1 rings (SSSR count). The van der Waals surface area contributed by atoms with Crippen molar-refractivity contribution in [2.45, 2.75) is 20.3 Å². The van der Waals surface area contributed by atoms with E-state index < -0.39 is 0 Å². The van der Waals surface area contributed by atoms with Crippen LogP contribution < -0.4 is 4.74 Å². The molecular formula is C13H20O2S. The smallest absolute Gasteiger partial charge is 0.119 e. The molecule has 0 amide bonds. The van der Waals surface area contributed by atoms with E-state index in [0.717, 1.165) is 30.3 Å². The van der Waals surface area contributed by atoms with Gasteiger partial charge in [-0.05, 0) is 49.3 Å². The summed E-state index contributed by atoms with van der Waals surface area (Å²) in [6, 6.07) is 6.19. The highest BCUT2D eigenvalue weighted by molar-refractivity contribution is 7.99. The van der Waals surface area contributed by atoms with E-state index in [1.807, 2.05) is 6.07 Å². The Balaban J connectivity index is 2.19. The van der Waals surface area contributed by atoms with Gasteiger partial charge in [-0.1, -0.05) is 6.07 Å². The highest BCUT2D eigenvalue weighted by Crippen LogP contribution is 2.16. The Morgan fingerprint density at radius 2 is 2.00 bits per heavy atom. The molecule has 0 radical (unpaired) electrons. The van der Waals surface area contributed by atoms with E-state index in [4.69, 9.17) is 9.84 Å². The number of hydrogen-bond acceptors (Lipinski definition) is 3. The molecule has 0 aliphatic carbocycles. The molecule has 1 aromatic carbocycles. The van der Waals surface area contributed by atoms with Crippen LogP contribution in [0.5, 0.6) is 5.75 Å². The summed E-state index contributed by atoms with van der Waals surface area (Å²) in [5, 5.41) is 8.61. The highest BCUT2D eigenvalue weighted by atomic mass is 32.2. The third-order valence-electron chi connectivity index (χ3n) is 2.42. The first kappa shape index (κ1) is 13.4. The lowest BCUT2D eigenvalue weighted by molar-refractivity contribution is 0.317. The monoisotopic (exact) mass is 240 g/mol. The fourth-order valence-electron chi connectivity index (χ4n) is 1.32. The second kappa shape index (κ2) is 7.58. The van der Waals surface area contributed by atoms with Gasteiger partial charge in [0.2, 0.25) is 0 Å². The zero-order valence-electron chi connectivity index (χ0n) is 10.0. The molecule has 0 saturated heterocycles. The molecule has 90 valence electrons. The van der Waals surface area contributed by atoms with Gasteiger partial charge in [0.25, 0.3) is 0 Å². The number of ether oxygens (including phenoxy) is 1. The van der Waals surface area contributed by atoms with E-state index in [1.54, 1.807) is 11.8 Å². The fourth-order valence-corrected chi connectivity index (χ4v) is 1.98. The molecule has 0 aliphatic heterocycles. The molecule has 0 bridgehead atoms. The van der Waals surface area contributed by atoms with Crippen molar-refractivity contribution in [3.63, 3.8) is 0 Å². The Kier molecular flexibility index (Phi) is 6.34. The largest absolute Gasteiger partial charge is 0.494 e. The van der Waals surface area contributed by atoms with Crippen LogP contribution in [0.2, 0.25) is 0 Å². The van der Waals surface area contributed by atoms with Gasteiger partial charge >= 0.3 is 0 Å². The molecule has 0 unspecified atom stereocenters. The number of aryl methyl sites for hydroxylation is 2. The molecule has 2 nitrogen and oxygen atoms in total. The molecule has 16 heavy (non-hydrogen) atoms. The normalized spacial score (nSPS) is 10.4. The van der Waals surface area contributed by atoms with Crippen LogP contribution in [0.15, 0.2) is 18.2 Å². The van der Waals surface area contributed by atoms with Crippen molar-refractivity contribution >= 4 is 11.8 Å². The minimum Gasteiger partial charge on any atom is -0.494 e. The van der Waals surface area contributed by atoms with E-state index in [1.165, 1.54) is 11.1 Å². The molecule has 1 N–H and O–H groups in total. The van der Waals surface area contributed by atoms with Crippen molar-refractivity contribution < 1.29 is 9.84 Å². The Bertz CT molecular complexity index is 313. The summed E-state index contributed by atoms with van der Waals surface area (Å²) in [6.45, 7) is 5.22. The summed E-state index contributed by atoms with van der Waals surface area (Å²) in [5.41, 5.74) is 2.57. The SMILES string of the molecule is Cc1ccc(OCCCSCCO)cc1C. The number of benzene rings is 1. The summed E-state index contributed by atoms with van der Waals surface area (Å²) >= 11 is 1.76. The maximum Gasteiger partial charge on any atom is 0.119 e. The van der Waals surface area contributed by atoms with Crippen molar-refractivity contribution in [1.29, 1.82) is 0 Å². The van der Waals surface area contributed by atoms with Gasteiger partial charge in [-0.25, -0.2) is 0 Å². The molecule has 0 spiro atoms. The second-order valence-electron chi connectivity index (χ2n) is 3.78. The van der Waals surface area contributed by atoms with Crippen LogP contribution in [0.3, 0.4) is 0 Å². The van der Waals surface area contributed by atoms with Crippen molar-refractivity contribution in [3.05, 3.63) is 29.3 Å². The highest BCUT2D eigenvalue weighted by Gasteiger charge is 1.97. The first-order valence-electron chi connectivity index (χ1n) is 5.62. The van der Waals surface area contributed by atoms with Crippen LogP contribution in [-0.2, 0) is 0 Å². The molecule has 1 aromatic rings. The van der Waals surface area contributed by atoms with Crippen LogP contribution in [0.1, 0.15) is 17.5 Å². The van der Waals surface area contributed by atoms with Crippen LogP contribution >= 0.6 is 11.8 Å². The topological polar surface area (TPSA) is 29.5 Å². The van der Waals surface area contributed by atoms with E-state index in [-0.39, 0.29) is 6.61 Å². The first-order chi connectivity index (χ1) is 7.74. The minimum absolute atomic E-state index is 0.267. The van der Waals surface area contributed by atoms with Gasteiger partial charge < -0.3 is 9.84 Å². The van der Waals surface area contributed by atoms with E-state index in [9.17, 15) is 0 Å². The molecule has 0 saturated carbocycles. The van der Waals surface area contributed by atoms with Crippen molar-refractivity contribution in [1.82, 2.24) is 0 Å². The van der Waals surface area contributed by atoms with Crippen molar-refractivity contribution in [3.8, 4) is 5.75 Å². The average molecular weight is 240 g/mol. The number of aliphatic hydroxyl groups is 1. The first-order valence-corrected chi connectivity index (χ1v) is 6.78. The quantitative estimate of drug-likeness (QED) is 0.743. The minimum atomic E-state index is 0.267. The number of rotatable bonds is 7. The number of aliphatic hydroxyl groups excluding tert-OH is 1. The van der Waals surface area contributed by atoms with Crippen LogP contribution in [0.4, 0.5) is 0 Å². The maximum absolute atomic E-state index is 8.61. The maximum atomic E-state index is 8.61. The van der Waals surface area contributed by atoms with Gasteiger partial charge in [-0.3, -0.25) is 0 Å². The number of hydrogen-bond donors (Lipinski definition) is 1. The molecule has 0 aliphatic rings. The van der Waals surface area contributed by atoms with E-state index in [2.05, 4.69) is 26.0 Å². The lowest BCUT2D eigenvalue weighted by atomic mass is 10.1. The molecular weight excluding hydrogens is 220 g/mol. The Labute approximate surface area is 102 Å². The predicted octanol–water partition coefficient (Wildman–Crippen LogP) is 2.80. The number of thioether (sulfide) groups is 1. The predicted molar refractivity (Wildman–Crippen MR) is 70.4 cm³/mol. The molecule has 3 heteroatoms. The van der Waals surface area contributed by atoms with Gasteiger partial charge in [0.15, 0.2) is 0 Å². The standard InChI is InChI=1S/C13H20O2S/c1-11-4-5-13(10-12(11)2)15-7-3-8-16-9-6-14/h4-5,10,14H,3,6-9H2,1-2H3. The van der Waals surface area contributed by atoms with Gasteiger partial charge in [0, 0.05) is 5.75 Å². The van der Waals surface area contributed by atoms with Gasteiger partial charge in [0.1, 0.15) is 5.75 Å². The Hall–Kier alpha value is -0.670. The summed E-state index contributed by atoms with van der Waals surface area (Å²) < 4.78 is 5.65. The summed E-state index contributed by atoms with van der Waals surface area (Å²) in [6.07, 6.45) is 1.03.